The molecule has 0 aliphatic carbocycles. The van der Waals surface area contributed by atoms with Gasteiger partial charge in [0.05, 0.1) is 11.3 Å². The fourth-order valence-electron chi connectivity index (χ4n) is 5.78. The topological polar surface area (TPSA) is 50.2 Å². The number of allylic oxidation sites excluding steroid dienone is 2. The molecule has 0 saturated heterocycles. The Kier molecular flexibility index (Phi) is 7.81. The zero-order valence-electron chi connectivity index (χ0n) is 23.5. The summed E-state index contributed by atoms with van der Waals surface area (Å²) in [4.78, 5) is 14.9. The van der Waals surface area contributed by atoms with E-state index in [2.05, 4.69) is 109 Å². The number of aliphatic hydroxyl groups excluding tert-OH is 1. The normalized spacial score (nSPS) is 11.6. The van der Waals surface area contributed by atoms with Crippen LogP contribution in [0.2, 0.25) is 0 Å². The number of carbonyl (C=O) groups excluding carboxylic acids is 1. The van der Waals surface area contributed by atoms with E-state index in [9.17, 15) is 4.79 Å². The molecule has 0 atom stereocenters. The number of carbonyl (C=O) groups is 1. The molecule has 0 unspecified atom stereocenters. The van der Waals surface area contributed by atoms with Crippen LogP contribution in [0.15, 0.2) is 121 Å². The number of pyridine rings is 1. The van der Waals surface area contributed by atoms with E-state index < -0.39 is 0 Å². The molecule has 0 aliphatic rings. The second kappa shape index (κ2) is 11.7. The first-order chi connectivity index (χ1) is 20.5. The molecule has 0 spiro atoms. The molecule has 2 heterocycles. The number of ketones is 1. The average Bonchev–Trinajstić information content (AvgIpc) is 3.36. The molecule has 0 amide bonds. The van der Waals surface area contributed by atoms with Crippen LogP contribution in [-0.2, 0) is 24.9 Å². The van der Waals surface area contributed by atoms with E-state index in [4.69, 9.17) is 10.1 Å². The number of hydrogen-bond donors (Lipinski definition) is 1. The maximum Gasteiger partial charge on any atom is 0.155 e. The summed E-state index contributed by atoms with van der Waals surface area (Å²) in [6.45, 7) is 2.85. The second-order valence-corrected chi connectivity index (χ2v) is 11.6. The van der Waals surface area contributed by atoms with Crippen LogP contribution in [0, 0.1) is 6.07 Å². The van der Waals surface area contributed by atoms with Gasteiger partial charge in [-0.25, -0.2) is 0 Å². The van der Waals surface area contributed by atoms with Gasteiger partial charge < -0.3 is 5.11 Å². The first-order valence-electron chi connectivity index (χ1n) is 13.8. The Morgan fingerprint density at radius 3 is 1.91 bits per heavy atom. The molecule has 5 heteroatoms. The van der Waals surface area contributed by atoms with Crippen molar-refractivity contribution in [2.45, 2.75) is 13.8 Å². The van der Waals surface area contributed by atoms with Gasteiger partial charge in [-0.2, -0.15) is 11.3 Å². The predicted molar refractivity (Wildman–Crippen MR) is 178 cm³/mol. The molecule has 211 valence electrons. The molecule has 0 saturated carbocycles. The Bertz CT molecular complexity index is 2370. The van der Waals surface area contributed by atoms with E-state index in [-0.39, 0.29) is 31.6 Å². The number of nitrogens with zero attached hydrogens (tertiary/aromatic N) is 1. The standard InChI is InChI=1S/C33H18NS.C5H8O2.Ir/c1-6-12-30-20(7-1)13-15-31(34-30)21-14-16-32-28(17-21)29-18-26-24-10-4-2-8-22(24)23-9-3-5-11-25(23)27(26)19-33(29)35-32;1-4(6)3-5(2)7;/h1-13,15-19H;3,6H,1-2H3;/q-1;;/b;4-3-;. The van der Waals surface area contributed by atoms with Gasteiger partial charge in [-0.05, 0) is 85.5 Å². The summed E-state index contributed by atoms with van der Waals surface area (Å²) in [5.41, 5.74) is 3.01. The largest absolute Gasteiger partial charge is 0.512 e. The number of benzene rings is 6. The molecule has 8 aromatic rings. The maximum atomic E-state index is 10.0. The van der Waals surface area contributed by atoms with Gasteiger partial charge >= 0.3 is 0 Å². The number of rotatable bonds is 2. The van der Waals surface area contributed by atoms with Gasteiger partial charge in [-0.1, -0.05) is 84.2 Å². The first kappa shape index (κ1) is 28.7. The minimum Gasteiger partial charge on any atom is -0.512 e. The molecule has 43 heavy (non-hydrogen) atoms. The van der Waals surface area contributed by atoms with E-state index in [1.807, 2.05) is 17.4 Å². The molecular formula is C38H26IrNO2S-. The smallest absolute Gasteiger partial charge is 0.155 e. The summed E-state index contributed by atoms with van der Waals surface area (Å²) >= 11 is 1.85. The predicted octanol–water partition coefficient (Wildman–Crippen LogP) is 10.6. The molecule has 1 N–H and O–H groups in total. The molecule has 8 rings (SSSR count). The van der Waals surface area contributed by atoms with Crippen molar-refractivity contribution in [3.63, 3.8) is 0 Å². The van der Waals surface area contributed by atoms with E-state index in [0.29, 0.717) is 0 Å². The van der Waals surface area contributed by atoms with Gasteiger partial charge in [0.15, 0.2) is 5.78 Å². The van der Waals surface area contributed by atoms with Gasteiger partial charge in [0.1, 0.15) is 0 Å². The summed E-state index contributed by atoms with van der Waals surface area (Å²) in [6, 6.07) is 42.7. The zero-order valence-corrected chi connectivity index (χ0v) is 26.7. The Balaban J connectivity index is 0.000000371. The Hall–Kier alpha value is -4.41. The van der Waals surface area contributed by atoms with Crippen molar-refractivity contribution in [3.05, 3.63) is 127 Å². The van der Waals surface area contributed by atoms with Crippen molar-refractivity contribution in [2.24, 2.45) is 0 Å². The monoisotopic (exact) mass is 753 g/mol. The molecule has 0 aliphatic heterocycles. The van der Waals surface area contributed by atoms with Gasteiger partial charge in [0.2, 0.25) is 0 Å². The zero-order chi connectivity index (χ0) is 28.8. The van der Waals surface area contributed by atoms with Crippen molar-refractivity contribution >= 4 is 80.5 Å². The second-order valence-electron chi connectivity index (χ2n) is 10.5. The van der Waals surface area contributed by atoms with Crippen LogP contribution in [0.25, 0.3) is 74.6 Å². The van der Waals surface area contributed by atoms with Crippen LogP contribution < -0.4 is 0 Å². The van der Waals surface area contributed by atoms with Crippen LogP contribution in [0.3, 0.4) is 0 Å². The summed E-state index contributed by atoms with van der Waals surface area (Å²) in [5, 5.41) is 20.0. The van der Waals surface area contributed by atoms with E-state index in [1.165, 1.54) is 72.4 Å². The van der Waals surface area contributed by atoms with Crippen LogP contribution >= 0.6 is 11.3 Å². The average molecular weight is 753 g/mol. The first-order valence-corrected chi connectivity index (χ1v) is 14.6. The number of aromatic nitrogens is 1. The minimum absolute atomic E-state index is 0. The summed E-state index contributed by atoms with van der Waals surface area (Å²) < 4.78 is 2.57. The fourth-order valence-corrected chi connectivity index (χ4v) is 6.86. The Morgan fingerprint density at radius 2 is 1.28 bits per heavy atom. The van der Waals surface area contributed by atoms with Gasteiger partial charge in [0, 0.05) is 30.9 Å². The number of hydrogen-bond acceptors (Lipinski definition) is 4. The number of fused-ring (bicyclic) bond motifs is 10. The molecule has 6 aromatic carbocycles. The van der Waals surface area contributed by atoms with Gasteiger partial charge in [0.25, 0.3) is 0 Å². The van der Waals surface area contributed by atoms with Crippen LogP contribution in [0.1, 0.15) is 13.8 Å². The molecular weight excluding hydrogens is 727 g/mol. The Labute approximate surface area is 266 Å². The van der Waals surface area contributed by atoms with Crippen LogP contribution in [0.5, 0.6) is 0 Å². The number of para-hydroxylation sites is 1. The summed E-state index contributed by atoms with van der Waals surface area (Å²) in [7, 11) is 0. The molecule has 0 bridgehead atoms. The third kappa shape index (κ3) is 5.32. The van der Waals surface area contributed by atoms with Crippen molar-refractivity contribution in [1.82, 2.24) is 4.98 Å². The van der Waals surface area contributed by atoms with Gasteiger partial charge in [-0.15, -0.1) is 23.8 Å². The number of aliphatic hydroxyl groups is 1. The SMILES string of the molecule is CC(=O)/C=C(/C)O.[Ir].[c-]1cc2sc3cc4c5ccccc5c5ccccc5c4cc3c2cc1-c1ccc2ccccc2n1. The van der Waals surface area contributed by atoms with E-state index in [1.54, 1.807) is 0 Å². The van der Waals surface area contributed by atoms with E-state index >= 15 is 0 Å². The molecule has 2 aromatic heterocycles. The maximum absolute atomic E-state index is 10.0. The third-order valence-corrected chi connectivity index (χ3v) is 8.67. The van der Waals surface area contributed by atoms with Crippen molar-refractivity contribution in [1.29, 1.82) is 0 Å². The van der Waals surface area contributed by atoms with Crippen molar-refractivity contribution in [2.75, 3.05) is 0 Å². The summed E-state index contributed by atoms with van der Waals surface area (Å²) in [5.74, 6) is -0.0625. The van der Waals surface area contributed by atoms with Crippen molar-refractivity contribution in [3.8, 4) is 11.3 Å². The number of thiophene rings is 1. The van der Waals surface area contributed by atoms with Crippen LogP contribution in [-0.4, -0.2) is 15.9 Å². The van der Waals surface area contributed by atoms with Crippen molar-refractivity contribution < 1.29 is 30.0 Å². The fraction of sp³-hybridized carbons (Fsp3) is 0.0526. The van der Waals surface area contributed by atoms with Crippen LogP contribution in [0.4, 0.5) is 0 Å². The minimum atomic E-state index is -0.125. The van der Waals surface area contributed by atoms with Gasteiger partial charge in [-0.3, -0.25) is 9.78 Å². The summed E-state index contributed by atoms with van der Waals surface area (Å²) in [6.07, 6.45) is 1.17. The molecule has 1 radical (unpaired) electrons. The third-order valence-electron chi connectivity index (χ3n) is 7.55. The Morgan fingerprint density at radius 1 is 0.698 bits per heavy atom. The quantitative estimate of drug-likeness (QED) is 0.0828. The van der Waals surface area contributed by atoms with E-state index in [0.717, 1.165) is 22.2 Å². The molecule has 3 nitrogen and oxygen atoms in total. The molecule has 0 fully saturated rings.